The number of carbonyl (C=O) groups excluding carboxylic acids is 1. The van der Waals surface area contributed by atoms with E-state index in [1.807, 2.05) is 6.92 Å². The largest absolute Gasteiger partial charge is 0.481 e. The molecule has 6 nitrogen and oxygen atoms in total. The van der Waals surface area contributed by atoms with Crippen LogP contribution in [0.1, 0.15) is 13.3 Å². The van der Waals surface area contributed by atoms with E-state index in [4.69, 9.17) is 9.84 Å². The van der Waals surface area contributed by atoms with Crippen LogP contribution in [0.25, 0.3) is 0 Å². The number of nitrogens with zero attached hydrogens (tertiary/aromatic N) is 2. The topological polar surface area (TPSA) is 70.1 Å². The number of rotatable bonds is 5. The van der Waals surface area contributed by atoms with Crippen LogP contribution in [0.3, 0.4) is 0 Å². The molecule has 110 valence electrons. The first kappa shape index (κ1) is 16.1. The standard InChI is InChI=1S/C12H22N2O4S/c1-9(7-18-3)13(2)12(17)14-4-5-19-8-10(14)6-11(15)16/h9-10H,4-8H2,1-3H3,(H,15,16). The molecule has 1 heterocycles. The fourth-order valence-corrected chi connectivity index (χ4v) is 3.08. The number of methoxy groups -OCH3 is 1. The first-order chi connectivity index (χ1) is 8.97. The Morgan fingerprint density at radius 2 is 2.26 bits per heavy atom. The fourth-order valence-electron chi connectivity index (χ4n) is 2.02. The molecule has 2 unspecified atom stereocenters. The molecule has 1 N–H and O–H groups in total. The second-order valence-corrected chi connectivity index (χ2v) is 5.87. The van der Waals surface area contributed by atoms with Crippen LogP contribution in [-0.2, 0) is 9.53 Å². The van der Waals surface area contributed by atoms with E-state index < -0.39 is 5.97 Å². The predicted molar refractivity (Wildman–Crippen MR) is 74.6 cm³/mol. The van der Waals surface area contributed by atoms with E-state index in [2.05, 4.69) is 0 Å². The highest BCUT2D eigenvalue weighted by atomic mass is 32.2. The van der Waals surface area contributed by atoms with Gasteiger partial charge in [0.25, 0.3) is 0 Å². The molecule has 1 saturated heterocycles. The van der Waals surface area contributed by atoms with Gasteiger partial charge in [-0.05, 0) is 6.92 Å². The Hall–Kier alpha value is -0.950. The van der Waals surface area contributed by atoms with E-state index in [-0.39, 0.29) is 24.5 Å². The molecule has 0 aromatic heterocycles. The summed E-state index contributed by atoms with van der Waals surface area (Å²) in [5.41, 5.74) is 0. The van der Waals surface area contributed by atoms with Crippen LogP contribution in [0.4, 0.5) is 4.79 Å². The van der Waals surface area contributed by atoms with E-state index >= 15 is 0 Å². The summed E-state index contributed by atoms with van der Waals surface area (Å²) < 4.78 is 5.04. The number of amides is 2. The second kappa shape index (κ2) is 7.59. The van der Waals surface area contributed by atoms with Crippen molar-refractivity contribution in [3.8, 4) is 0 Å². The summed E-state index contributed by atoms with van der Waals surface area (Å²) in [6, 6.07) is -0.366. The summed E-state index contributed by atoms with van der Waals surface area (Å²) in [5, 5.41) is 8.92. The number of likely N-dealkylation sites (N-methyl/N-ethyl adjacent to an activating group) is 1. The lowest BCUT2D eigenvalue weighted by molar-refractivity contribution is -0.138. The van der Waals surface area contributed by atoms with Crippen LogP contribution in [0, 0.1) is 0 Å². The maximum Gasteiger partial charge on any atom is 0.320 e. The molecule has 2 amide bonds. The molecule has 7 heteroatoms. The molecule has 0 spiro atoms. The predicted octanol–water partition coefficient (Wildman–Crippen LogP) is 0.965. The zero-order valence-electron chi connectivity index (χ0n) is 11.7. The van der Waals surface area contributed by atoms with Crippen molar-refractivity contribution in [3.63, 3.8) is 0 Å². The lowest BCUT2D eigenvalue weighted by Gasteiger charge is -2.38. The minimum absolute atomic E-state index is 0.00520. The van der Waals surface area contributed by atoms with E-state index in [0.717, 1.165) is 5.75 Å². The molecule has 19 heavy (non-hydrogen) atoms. The summed E-state index contributed by atoms with van der Waals surface area (Å²) in [6.07, 6.45) is 0.00520. The third-order valence-electron chi connectivity index (χ3n) is 3.25. The van der Waals surface area contributed by atoms with Gasteiger partial charge in [0.1, 0.15) is 0 Å². The monoisotopic (exact) mass is 290 g/mol. The molecular weight excluding hydrogens is 268 g/mol. The molecule has 0 bridgehead atoms. The minimum atomic E-state index is -0.863. The molecule has 1 fully saturated rings. The number of carboxylic acid groups (broad SMARTS) is 1. The van der Waals surface area contributed by atoms with E-state index in [9.17, 15) is 9.59 Å². The summed E-state index contributed by atoms with van der Waals surface area (Å²) in [5.74, 6) is 0.678. The molecule has 0 aromatic carbocycles. The van der Waals surface area contributed by atoms with Gasteiger partial charge in [-0.1, -0.05) is 0 Å². The van der Waals surface area contributed by atoms with Crippen molar-refractivity contribution in [2.45, 2.75) is 25.4 Å². The molecular formula is C12H22N2O4S. The van der Waals surface area contributed by atoms with Gasteiger partial charge >= 0.3 is 12.0 Å². The first-order valence-electron chi connectivity index (χ1n) is 6.29. The van der Waals surface area contributed by atoms with Crippen LogP contribution in [0.2, 0.25) is 0 Å². The Kier molecular flexibility index (Phi) is 6.44. The van der Waals surface area contributed by atoms with Crippen molar-refractivity contribution in [1.82, 2.24) is 9.80 Å². The lowest BCUT2D eigenvalue weighted by Crippen LogP contribution is -2.54. The lowest BCUT2D eigenvalue weighted by atomic mass is 10.2. The highest BCUT2D eigenvalue weighted by Gasteiger charge is 2.31. The van der Waals surface area contributed by atoms with Crippen molar-refractivity contribution in [2.24, 2.45) is 0 Å². The second-order valence-electron chi connectivity index (χ2n) is 4.72. The third kappa shape index (κ3) is 4.58. The highest BCUT2D eigenvalue weighted by Crippen LogP contribution is 2.20. The van der Waals surface area contributed by atoms with Crippen LogP contribution >= 0.6 is 11.8 Å². The maximum absolute atomic E-state index is 12.4. The number of hydrogen-bond acceptors (Lipinski definition) is 4. The number of aliphatic carboxylic acids is 1. The van der Waals surface area contributed by atoms with Crippen molar-refractivity contribution in [1.29, 1.82) is 0 Å². The number of ether oxygens (including phenoxy) is 1. The number of hydrogen-bond donors (Lipinski definition) is 1. The fraction of sp³-hybridized carbons (Fsp3) is 0.833. The van der Waals surface area contributed by atoms with Crippen LogP contribution < -0.4 is 0 Å². The van der Waals surface area contributed by atoms with Gasteiger partial charge in [-0.25, -0.2) is 4.79 Å². The van der Waals surface area contributed by atoms with E-state index in [1.165, 1.54) is 0 Å². The molecule has 1 aliphatic heterocycles. The summed E-state index contributed by atoms with van der Waals surface area (Å²) in [7, 11) is 3.32. The van der Waals surface area contributed by atoms with Crippen LogP contribution in [0.5, 0.6) is 0 Å². The Morgan fingerprint density at radius 3 is 2.84 bits per heavy atom. The van der Waals surface area contributed by atoms with Gasteiger partial charge in [-0.3, -0.25) is 4.79 Å². The highest BCUT2D eigenvalue weighted by molar-refractivity contribution is 7.99. The van der Waals surface area contributed by atoms with Crippen molar-refractivity contribution in [3.05, 3.63) is 0 Å². The first-order valence-corrected chi connectivity index (χ1v) is 7.44. The molecule has 0 radical (unpaired) electrons. The number of carbonyl (C=O) groups is 2. The van der Waals surface area contributed by atoms with Gasteiger partial charge in [0.15, 0.2) is 0 Å². The SMILES string of the molecule is COCC(C)N(C)C(=O)N1CCSCC1CC(=O)O. The van der Waals surface area contributed by atoms with Gasteiger partial charge in [-0.15, -0.1) is 0 Å². The number of carboxylic acids is 1. The molecule has 1 aliphatic rings. The third-order valence-corrected chi connectivity index (χ3v) is 4.35. The zero-order chi connectivity index (χ0) is 14.4. The molecule has 2 atom stereocenters. The Morgan fingerprint density at radius 1 is 1.58 bits per heavy atom. The van der Waals surface area contributed by atoms with E-state index in [0.29, 0.717) is 18.9 Å². The average Bonchev–Trinajstić information content (AvgIpc) is 2.37. The van der Waals surface area contributed by atoms with Crippen molar-refractivity contribution >= 4 is 23.8 Å². The van der Waals surface area contributed by atoms with Gasteiger partial charge in [0, 0.05) is 32.2 Å². The average molecular weight is 290 g/mol. The summed E-state index contributed by atoms with van der Waals surface area (Å²) >= 11 is 1.70. The zero-order valence-corrected chi connectivity index (χ0v) is 12.5. The summed E-state index contributed by atoms with van der Waals surface area (Å²) in [4.78, 5) is 26.6. The minimum Gasteiger partial charge on any atom is -0.481 e. The maximum atomic E-state index is 12.4. The Balaban J connectivity index is 2.68. The van der Waals surface area contributed by atoms with Gasteiger partial charge < -0.3 is 19.6 Å². The molecule has 1 rings (SSSR count). The van der Waals surface area contributed by atoms with Gasteiger partial charge in [0.05, 0.1) is 25.1 Å². The Labute approximate surface area is 118 Å². The Bertz CT molecular complexity index is 327. The molecule has 0 saturated carbocycles. The quantitative estimate of drug-likeness (QED) is 0.817. The number of thioether (sulfide) groups is 1. The van der Waals surface area contributed by atoms with Gasteiger partial charge in [-0.2, -0.15) is 11.8 Å². The van der Waals surface area contributed by atoms with Gasteiger partial charge in [0.2, 0.25) is 0 Å². The van der Waals surface area contributed by atoms with Crippen LogP contribution in [0.15, 0.2) is 0 Å². The van der Waals surface area contributed by atoms with Crippen molar-refractivity contribution < 1.29 is 19.4 Å². The van der Waals surface area contributed by atoms with Crippen LogP contribution in [-0.4, -0.2) is 77.8 Å². The van der Waals surface area contributed by atoms with Crippen molar-refractivity contribution in [2.75, 3.05) is 38.8 Å². The van der Waals surface area contributed by atoms with E-state index in [1.54, 1.807) is 35.7 Å². The smallest absolute Gasteiger partial charge is 0.320 e. The molecule has 0 aromatic rings. The summed E-state index contributed by atoms with van der Waals surface area (Å²) in [6.45, 7) is 2.98. The number of urea groups is 1. The molecule has 0 aliphatic carbocycles. The normalized spacial score (nSPS) is 21.0.